The van der Waals surface area contributed by atoms with Crippen molar-refractivity contribution in [1.29, 1.82) is 0 Å². The SMILES string of the molecule is Cc1cc(C)c(NC(=O)CN(C)CC(=O)N2N=C3/C(=C\c4ccc(Cl)cc4)CCCC3C2c2ccc(Cl)cc2)c(C)c1. The number of halogens is 2. The third kappa shape index (κ3) is 6.78. The molecule has 5 rings (SSSR count). The minimum Gasteiger partial charge on any atom is -0.324 e. The van der Waals surface area contributed by atoms with Gasteiger partial charge in [-0.1, -0.05) is 65.2 Å². The number of hydrogen-bond donors (Lipinski definition) is 1. The summed E-state index contributed by atoms with van der Waals surface area (Å²) in [6.07, 6.45) is 4.99. The van der Waals surface area contributed by atoms with E-state index in [-0.39, 0.29) is 36.9 Å². The van der Waals surface area contributed by atoms with E-state index in [2.05, 4.69) is 11.4 Å². The van der Waals surface area contributed by atoms with Crippen LogP contribution in [-0.2, 0) is 9.59 Å². The summed E-state index contributed by atoms with van der Waals surface area (Å²) in [6, 6.07) is 19.3. The molecular formula is C34H36Cl2N4O2. The Bertz CT molecular complexity index is 1520. The Morgan fingerprint density at radius 2 is 1.60 bits per heavy atom. The number of hydrazone groups is 1. The number of nitrogens with one attached hydrogen (secondary N) is 1. The highest BCUT2D eigenvalue weighted by Crippen LogP contribution is 2.44. The second-order valence-electron chi connectivity index (χ2n) is 11.4. The molecular weight excluding hydrogens is 567 g/mol. The highest BCUT2D eigenvalue weighted by Gasteiger charge is 2.43. The summed E-state index contributed by atoms with van der Waals surface area (Å²) < 4.78 is 0. The Kier molecular flexibility index (Phi) is 9.16. The summed E-state index contributed by atoms with van der Waals surface area (Å²) in [7, 11) is 1.78. The van der Waals surface area contributed by atoms with Gasteiger partial charge in [0, 0.05) is 21.7 Å². The van der Waals surface area contributed by atoms with Crippen molar-refractivity contribution < 1.29 is 9.59 Å². The minimum absolute atomic E-state index is 0.0586. The number of anilines is 1. The van der Waals surface area contributed by atoms with Crippen LogP contribution in [0.5, 0.6) is 0 Å². The van der Waals surface area contributed by atoms with Crippen molar-refractivity contribution in [3.63, 3.8) is 0 Å². The fraction of sp³-hybridized carbons (Fsp3) is 0.324. The molecule has 1 aliphatic heterocycles. The van der Waals surface area contributed by atoms with E-state index in [0.29, 0.717) is 10.0 Å². The largest absolute Gasteiger partial charge is 0.324 e. The van der Waals surface area contributed by atoms with E-state index >= 15 is 0 Å². The first-order chi connectivity index (χ1) is 20.1. The number of hydrogen-bond acceptors (Lipinski definition) is 4. The van der Waals surface area contributed by atoms with Crippen LogP contribution in [0.3, 0.4) is 0 Å². The number of likely N-dealkylation sites (N-methyl/N-ethyl adjacent to an activating group) is 1. The average Bonchev–Trinajstić information content (AvgIpc) is 3.33. The number of allylic oxidation sites excluding steroid dienone is 1. The molecule has 42 heavy (non-hydrogen) atoms. The van der Waals surface area contributed by atoms with Crippen LogP contribution in [0.1, 0.15) is 53.1 Å². The van der Waals surface area contributed by atoms with Crippen molar-refractivity contribution in [2.75, 3.05) is 25.5 Å². The van der Waals surface area contributed by atoms with E-state index in [1.54, 1.807) is 17.0 Å². The molecule has 0 radical (unpaired) electrons. The molecule has 0 bridgehead atoms. The van der Waals surface area contributed by atoms with Crippen molar-refractivity contribution in [3.05, 3.63) is 104 Å². The molecule has 3 aromatic rings. The van der Waals surface area contributed by atoms with Gasteiger partial charge in [0.25, 0.3) is 5.91 Å². The lowest BCUT2D eigenvalue weighted by molar-refractivity contribution is -0.134. The maximum atomic E-state index is 13.8. The van der Waals surface area contributed by atoms with Crippen molar-refractivity contribution in [2.45, 2.75) is 46.1 Å². The highest BCUT2D eigenvalue weighted by molar-refractivity contribution is 6.30. The van der Waals surface area contributed by atoms with Crippen LogP contribution in [0.15, 0.2) is 71.3 Å². The van der Waals surface area contributed by atoms with Crippen LogP contribution >= 0.6 is 23.2 Å². The summed E-state index contributed by atoms with van der Waals surface area (Å²) in [6.45, 7) is 6.15. The van der Waals surface area contributed by atoms with Crippen LogP contribution in [-0.4, -0.2) is 47.6 Å². The number of aryl methyl sites for hydroxylation is 3. The zero-order chi connectivity index (χ0) is 30.0. The second kappa shape index (κ2) is 12.8. The van der Waals surface area contributed by atoms with E-state index < -0.39 is 0 Å². The number of benzene rings is 3. The molecule has 1 heterocycles. The topological polar surface area (TPSA) is 65.0 Å². The van der Waals surface area contributed by atoms with Gasteiger partial charge in [-0.2, -0.15) is 5.10 Å². The number of carbonyl (C=O) groups is 2. The number of fused-ring (bicyclic) bond motifs is 1. The average molecular weight is 604 g/mol. The number of amides is 2. The third-order valence-corrected chi connectivity index (χ3v) is 8.44. The summed E-state index contributed by atoms with van der Waals surface area (Å²) in [4.78, 5) is 28.5. The third-order valence-electron chi connectivity index (χ3n) is 7.94. The highest BCUT2D eigenvalue weighted by atomic mass is 35.5. The van der Waals surface area contributed by atoms with Gasteiger partial charge < -0.3 is 5.32 Å². The fourth-order valence-electron chi connectivity index (χ4n) is 6.12. The fourth-order valence-corrected chi connectivity index (χ4v) is 6.37. The maximum Gasteiger partial charge on any atom is 0.257 e. The molecule has 2 aliphatic rings. The van der Waals surface area contributed by atoms with Crippen molar-refractivity contribution in [2.24, 2.45) is 11.0 Å². The van der Waals surface area contributed by atoms with E-state index in [0.717, 1.165) is 64.1 Å². The Balaban J connectivity index is 1.36. The molecule has 2 atom stereocenters. The Hall–Kier alpha value is -3.45. The number of rotatable bonds is 7. The first kappa shape index (κ1) is 30.0. The van der Waals surface area contributed by atoms with Crippen LogP contribution in [0.2, 0.25) is 10.0 Å². The Morgan fingerprint density at radius 3 is 2.24 bits per heavy atom. The summed E-state index contributed by atoms with van der Waals surface area (Å²) in [5, 5.41) is 11.0. The molecule has 3 aromatic carbocycles. The summed E-state index contributed by atoms with van der Waals surface area (Å²) in [5.74, 6) is -0.242. The minimum atomic E-state index is -0.237. The molecule has 218 valence electrons. The number of carbonyl (C=O) groups excluding carboxylic acids is 2. The molecule has 1 fully saturated rings. The van der Waals surface area contributed by atoms with Crippen LogP contribution in [0, 0.1) is 26.7 Å². The zero-order valence-corrected chi connectivity index (χ0v) is 26.0. The molecule has 0 aromatic heterocycles. The predicted octanol–water partition coefficient (Wildman–Crippen LogP) is 7.61. The molecule has 2 amide bonds. The molecule has 1 N–H and O–H groups in total. The lowest BCUT2D eigenvalue weighted by Crippen LogP contribution is -2.40. The molecule has 0 saturated heterocycles. The van der Waals surface area contributed by atoms with Crippen LogP contribution < -0.4 is 5.32 Å². The lowest BCUT2D eigenvalue weighted by atomic mass is 9.77. The Morgan fingerprint density at radius 1 is 0.976 bits per heavy atom. The monoisotopic (exact) mass is 602 g/mol. The maximum absolute atomic E-state index is 13.8. The molecule has 2 unspecified atom stereocenters. The Labute approximate surface area is 258 Å². The first-order valence-electron chi connectivity index (χ1n) is 14.3. The molecule has 8 heteroatoms. The van der Waals surface area contributed by atoms with Gasteiger partial charge in [0.2, 0.25) is 5.91 Å². The van der Waals surface area contributed by atoms with Gasteiger partial charge >= 0.3 is 0 Å². The van der Waals surface area contributed by atoms with Gasteiger partial charge in [0.05, 0.1) is 24.8 Å². The van der Waals surface area contributed by atoms with E-state index in [1.165, 1.54) is 0 Å². The van der Waals surface area contributed by atoms with E-state index in [4.69, 9.17) is 28.3 Å². The zero-order valence-electron chi connectivity index (χ0n) is 24.5. The van der Waals surface area contributed by atoms with Gasteiger partial charge in [-0.3, -0.25) is 14.5 Å². The summed E-state index contributed by atoms with van der Waals surface area (Å²) >= 11 is 12.3. The standard InChI is InChI=1S/C34H36Cl2N4O2/c1-21-16-22(2)32(23(3)17-21)37-30(41)19-39(4)20-31(42)40-34(25-10-14-28(36)15-11-25)29-7-5-6-26(33(29)38-40)18-24-8-12-27(35)13-9-24/h8-18,29,34H,5-7,19-20H2,1-4H3,(H,37,41)/b26-18-. The van der Waals surface area contributed by atoms with Crippen molar-refractivity contribution >= 4 is 52.5 Å². The van der Waals surface area contributed by atoms with Gasteiger partial charge in [0.15, 0.2) is 0 Å². The van der Waals surface area contributed by atoms with Gasteiger partial charge in [-0.25, -0.2) is 5.01 Å². The normalized spacial score (nSPS) is 19.2. The smallest absolute Gasteiger partial charge is 0.257 e. The summed E-state index contributed by atoms with van der Waals surface area (Å²) in [5.41, 5.74) is 8.15. The molecule has 1 aliphatic carbocycles. The molecule has 1 saturated carbocycles. The van der Waals surface area contributed by atoms with Crippen LogP contribution in [0.4, 0.5) is 5.69 Å². The number of nitrogens with zero attached hydrogens (tertiary/aromatic N) is 3. The van der Waals surface area contributed by atoms with Crippen molar-refractivity contribution in [3.8, 4) is 0 Å². The molecule has 6 nitrogen and oxygen atoms in total. The van der Waals surface area contributed by atoms with Gasteiger partial charge in [-0.05, 0) is 105 Å². The quantitative estimate of drug-likeness (QED) is 0.302. The van der Waals surface area contributed by atoms with Gasteiger partial charge in [0.1, 0.15) is 0 Å². The van der Waals surface area contributed by atoms with E-state index in [1.807, 2.05) is 81.4 Å². The van der Waals surface area contributed by atoms with Crippen LogP contribution in [0.25, 0.3) is 6.08 Å². The van der Waals surface area contributed by atoms with E-state index in [9.17, 15) is 9.59 Å². The first-order valence-corrected chi connectivity index (χ1v) is 15.0. The van der Waals surface area contributed by atoms with Crippen molar-refractivity contribution in [1.82, 2.24) is 9.91 Å². The predicted molar refractivity (Wildman–Crippen MR) is 172 cm³/mol. The lowest BCUT2D eigenvalue weighted by Gasteiger charge is -2.30. The van der Waals surface area contributed by atoms with Gasteiger partial charge in [-0.15, -0.1) is 0 Å². The second-order valence-corrected chi connectivity index (χ2v) is 12.3. The molecule has 0 spiro atoms.